The second kappa shape index (κ2) is 3.72. The molecule has 4 unspecified atom stereocenters. The number of likely N-dealkylation sites (tertiary alicyclic amines) is 2. The number of hydrogen-bond acceptors (Lipinski definition) is 3. The average molecular weight is 209 g/mol. The molecule has 3 heteroatoms. The fourth-order valence-electron chi connectivity index (χ4n) is 3.86. The van der Waals surface area contributed by atoms with Gasteiger partial charge < -0.3 is 10.2 Å². The van der Waals surface area contributed by atoms with Gasteiger partial charge >= 0.3 is 0 Å². The summed E-state index contributed by atoms with van der Waals surface area (Å²) in [6, 6.07) is 1.65. The van der Waals surface area contributed by atoms with Crippen LogP contribution in [0.4, 0.5) is 0 Å². The van der Waals surface area contributed by atoms with Gasteiger partial charge in [0.15, 0.2) is 0 Å². The molecule has 0 amide bonds. The van der Waals surface area contributed by atoms with E-state index >= 15 is 0 Å². The molecular formula is C12H23N3. The van der Waals surface area contributed by atoms with Crippen LogP contribution in [0.15, 0.2) is 0 Å². The Labute approximate surface area is 92.8 Å². The summed E-state index contributed by atoms with van der Waals surface area (Å²) in [4.78, 5) is 5.27. The quantitative estimate of drug-likeness (QED) is 0.667. The SMILES string of the molecule is CC1C2CNCC2CN1C1CCN(C)C1. The molecule has 3 nitrogen and oxygen atoms in total. The molecule has 86 valence electrons. The van der Waals surface area contributed by atoms with Crippen LogP contribution in [-0.4, -0.2) is 61.7 Å². The van der Waals surface area contributed by atoms with E-state index in [1.807, 2.05) is 0 Å². The molecule has 4 atom stereocenters. The molecule has 0 aliphatic carbocycles. The van der Waals surface area contributed by atoms with Gasteiger partial charge in [0.25, 0.3) is 0 Å². The third kappa shape index (κ3) is 1.61. The first-order valence-corrected chi connectivity index (χ1v) is 6.40. The average Bonchev–Trinajstić information content (AvgIpc) is 2.84. The van der Waals surface area contributed by atoms with Crippen molar-refractivity contribution in [1.82, 2.24) is 15.1 Å². The molecule has 3 saturated heterocycles. The molecule has 0 radical (unpaired) electrons. The Bertz CT molecular complexity index is 241. The highest BCUT2D eigenvalue weighted by atomic mass is 15.3. The van der Waals surface area contributed by atoms with Crippen molar-refractivity contribution in [2.75, 3.05) is 39.8 Å². The number of nitrogens with zero attached hydrogens (tertiary/aromatic N) is 2. The molecule has 0 bridgehead atoms. The maximum absolute atomic E-state index is 3.54. The van der Waals surface area contributed by atoms with Crippen molar-refractivity contribution in [1.29, 1.82) is 0 Å². The Morgan fingerprint density at radius 2 is 2.07 bits per heavy atom. The van der Waals surface area contributed by atoms with E-state index < -0.39 is 0 Å². The van der Waals surface area contributed by atoms with E-state index in [-0.39, 0.29) is 0 Å². The third-order valence-corrected chi connectivity index (χ3v) is 4.82. The summed E-state index contributed by atoms with van der Waals surface area (Å²) in [7, 11) is 2.25. The number of fused-ring (bicyclic) bond motifs is 1. The smallest absolute Gasteiger partial charge is 0.0238 e. The molecule has 0 aromatic carbocycles. The summed E-state index contributed by atoms with van der Waals surface area (Å²) in [6.07, 6.45) is 1.38. The van der Waals surface area contributed by atoms with Gasteiger partial charge in [-0.15, -0.1) is 0 Å². The van der Waals surface area contributed by atoms with E-state index in [2.05, 4.69) is 29.1 Å². The predicted molar refractivity (Wildman–Crippen MR) is 61.9 cm³/mol. The van der Waals surface area contributed by atoms with E-state index in [4.69, 9.17) is 0 Å². The van der Waals surface area contributed by atoms with Crippen molar-refractivity contribution < 1.29 is 0 Å². The number of hydrogen-bond donors (Lipinski definition) is 1. The molecular weight excluding hydrogens is 186 g/mol. The fraction of sp³-hybridized carbons (Fsp3) is 1.00. The zero-order valence-corrected chi connectivity index (χ0v) is 9.95. The van der Waals surface area contributed by atoms with Gasteiger partial charge in [-0.1, -0.05) is 0 Å². The van der Waals surface area contributed by atoms with Crippen LogP contribution in [0, 0.1) is 11.8 Å². The minimum Gasteiger partial charge on any atom is -0.316 e. The first kappa shape index (κ1) is 10.1. The normalized spacial score (nSPS) is 47.6. The topological polar surface area (TPSA) is 18.5 Å². The van der Waals surface area contributed by atoms with Crippen LogP contribution in [0.2, 0.25) is 0 Å². The van der Waals surface area contributed by atoms with E-state index in [0.717, 1.165) is 23.9 Å². The molecule has 3 rings (SSSR count). The molecule has 0 saturated carbocycles. The van der Waals surface area contributed by atoms with Crippen molar-refractivity contribution in [3.05, 3.63) is 0 Å². The van der Waals surface area contributed by atoms with E-state index in [9.17, 15) is 0 Å². The second-order valence-corrected chi connectivity index (χ2v) is 5.72. The zero-order chi connectivity index (χ0) is 10.4. The molecule has 0 spiro atoms. The van der Waals surface area contributed by atoms with Gasteiger partial charge in [0, 0.05) is 25.2 Å². The second-order valence-electron chi connectivity index (χ2n) is 5.72. The van der Waals surface area contributed by atoms with Crippen molar-refractivity contribution >= 4 is 0 Å². The highest BCUT2D eigenvalue weighted by molar-refractivity contribution is 5.00. The third-order valence-electron chi connectivity index (χ3n) is 4.82. The first-order chi connectivity index (χ1) is 7.25. The molecule has 0 aromatic rings. The lowest BCUT2D eigenvalue weighted by Gasteiger charge is -2.30. The van der Waals surface area contributed by atoms with Crippen LogP contribution in [0.1, 0.15) is 13.3 Å². The maximum atomic E-state index is 3.54. The van der Waals surface area contributed by atoms with Gasteiger partial charge in [-0.05, 0) is 51.9 Å². The lowest BCUT2D eigenvalue weighted by molar-refractivity contribution is 0.172. The fourth-order valence-corrected chi connectivity index (χ4v) is 3.86. The molecule has 1 N–H and O–H groups in total. The van der Waals surface area contributed by atoms with Gasteiger partial charge in [0.1, 0.15) is 0 Å². The zero-order valence-electron chi connectivity index (χ0n) is 9.95. The monoisotopic (exact) mass is 209 g/mol. The molecule has 3 aliphatic heterocycles. The molecule has 3 fully saturated rings. The van der Waals surface area contributed by atoms with Gasteiger partial charge in [-0.2, -0.15) is 0 Å². The standard InChI is InChI=1S/C12H23N3/c1-9-12-6-13-5-10(12)7-15(9)11-3-4-14(2)8-11/h9-13H,3-8H2,1-2H3. The van der Waals surface area contributed by atoms with Crippen LogP contribution in [0.25, 0.3) is 0 Å². The van der Waals surface area contributed by atoms with Crippen LogP contribution in [-0.2, 0) is 0 Å². The van der Waals surface area contributed by atoms with Crippen LogP contribution < -0.4 is 5.32 Å². The van der Waals surface area contributed by atoms with Crippen LogP contribution >= 0.6 is 0 Å². The molecule has 15 heavy (non-hydrogen) atoms. The number of likely N-dealkylation sites (N-methyl/N-ethyl adjacent to an activating group) is 1. The Morgan fingerprint density at radius 3 is 2.73 bits per heavy atom. The summed E-state index contributed by atoms with van der Waals surface area (Å²) in [5.74, 6) is 1.86. The summed E-state index contributed by atoms with van der Waals surface area (Å²) >= 11 is 0. The predicted octanol–water partition coefficient (Wildman–Crippen LogP) is 0.230. The largest absolute Gasteiger partial charge is 0.316 e. The van der Waals surface area contributed by atoms with E-state index in [1.165, 1.54) is 39.1 Å². The van der Waals surface area contributed by atoms with Crippen molar-refractivity contribution in [3.63, 3.8) is 0 Å². The highest BCUT2D eigenvalue weighted by Crippen LogP contribution is 2.35. The summed E-state index contributed by atoms with van der Waals surface area (Å²) in [6.45, 7) is 8.88. The van der Waals surface area contributed by atoms with E-state index in [0.29, 0.717) is 0 Å². The summed E-state index contributed by atoms with van der Waals surface area (Å²) < 4.78 is 0. The van der Waals surface area contributed by atoms with Gasteiger partial charge in [0.2, 0.25) is 0 Å². The minimum absolute atomic E-state index is 0.807. The lowest BCUT2D eigenvalue weighted by Crippen LogP contribution is -2.42. The van der Waals surface area contributed by atoms with Crippen molar-refractivity contribution in [3.8, 4) is 0 Å². The Hall–Kier alpha value is -0.120. The summed E-state index contributed by atoms with van der Waals surface area (Å²) in [5, 5.41) is 3.54. The van der Waals surface area contributed by atoms with Gasteiger partial charge in [0.05, 0.1) is 0 Å². The maximum Gasteiger partial charge on any atom is 0.0238 e. The van der Waals surface area contributed by atoms with Crippen molar-refractivity contribution in [2.24, 2.45) is 11.8 Å². The van der Waals surface area contributed by atoms with Gasteiger partial charge in [-0.25, -0.2) is 0 Å². The Morgan fingerprint density at radius 1 is 1.20 bits per heavy atom. The van der Waals surface area contributed by atoms with Crippen LogP contribution in [0.5, 0.6) is 0 Å². The Balaban J connectivity index is 1.68. The van der Waals surface area contributed by atoms with E-state index in [1.54, 1.807) is 0 Å². The molecule has 3 heterocycles. The lowest BCUT2D eigenvalue weighted by atomic mass is 9.95. The van der Waals surface area contributed by atoms with Gasteiger partial charge in [-0.3, -0.25) is 4.90 Å². The van der Waals surface area contributed by atoms with Crippen molar-refractivity contribution in [2.45, 2.75) is 25.4 Å². The van der Waals surface area contributed by atoms with Crippen LogP contribution in [0.3, 0.4) is 0 Å². The molecule has 3 aliphatic rings. The molecule has 0 aromatic heterocycles. The highest BCUT2D eigenvalue weighted by Gasteiger charge is 2.44. The first-order valence-electron chi connectivity index (χ1n) is 6.40. The number of nitrogens with one attached hydrogen (secondary N) is 1. The Kier molecular flexibility index (Phi) is 2.49. The number of rotatable bonds is 1. The summed E-state index contributed by atoms with van der Waals surface area (Å²) in [5.41, 5.74) is 0. The minimum atomic E-state index is 0.807.